The average molecular weight is 521 g/mol. The van der Waals surface area contributed by atoms with Gasteiger partial charge in [0.25, 0.3) is 11.6 Å². The minimum Gasteiger partial charge on any atom is -0.495 e. The Labute approximate surface area is 202 Å². The summed E-state index contributed by atoms with van der Waals surface area (Å²) in [6, 6.07) is 19.3. The van der Waals surface area contributed by atoms with Gasteiger partial charge in [0, 0.05) is 16.6 Å². The molecular weight excluding hydrogens is 504 g/mol. The second kappa shape index (κ2) is 8.38. The molecule has 0 bridgehead atoms. The Kier molecular flexibility index (Phi) is 5.37. The number of hydrogen-bond donors (Lipinski definition) is 0. The molecule has 2 heterocycles. The van der Waals surface area contributed by atoms with Gasteiger partial charge in [-0.25, -0.2) is 4.90 Å². The van der Waals surface area contributed by atoms with E-state index in [-0.39, 0.29) is 17.1 Å². The molecular formula is C24H17BrN4O5. The van der Waals surface area contributed by atoms with Gasteiger partial charge in [-0.1, -0.05) is 46.3 Å². The molecule has 10 heteroatoms. The van der Waals surface area contributed by atoms with Gasteiger partial charge in [-0.2, -0.15) is 5.10 Å². The van der Waals surface area contributed by atoms with Crippen molar-refractivity contribution < 1.29 is 19.2 Å². The third-order valence-corrected chi connectivity index (χ3v) is 6.35. The van der Waals surface area contributed by atoms with Gasteiger partial charge in [0.1, 0.15) is 23.4 Å². The van der Waals surface area contributed by atoms with Gasteiger partial charge in [-0.3, -0.25) is 24.7 Å². The molecule has 0 unspecified atom stereocenters. The van der Waals surface area contributed by atoms with Crippen molar-refractivity contribution >= 4 is 50.5 Å². The van der Waals surface area contributed by atoms with Crippen LogP contribution in [-0.2, 0) is 9.59 Å². The highest BCUT2D eigenvalue weighted by molar-refractivity contribution is 9.10. The van der Waals surface area contributed by atoms with Crippen LogP contribution < -0.4 is 14.6 Å². The fourth-order valence-corrected chi connectivity index (χ4v) is 4.54. The van der Waals surface area contributed by atoms with Gasteiger partial charge in [-0.15, -0.1) is 0 Å². The molecule has 0 N–H and O–H groups in total. The molecule has 0 spiro atoms. The van der Waals surface area contributed by atoms with Crippen molar-refractivity contribution in [3.05, 3.63) is 92.9 Å². The van der Waals surface area contributed by atoms with Crippen molar-refractivity contribution in [1.29, 1.82) is 0 Å². The molecule has 0 aromatic heterocycles. The molecule has 2 amide bonds. The molecule has 9 nitrogen and oxygen atoms in total. The average Bonchev–Trinajstić information content (AvgIpc) is 3.36. The lowest BCUT2D eigenvalue weighted by molar-refractivity contribution is -0.384. The maximum atomic E-state index is 13.7. The second-order valence-electron chi connectivity index (χ2n) is 7.72. The van der Waals surface area contributed by atoms with Crippen LogP contribution in [0.25, 0.3) is 0 Å². The number of nitro benzene ring substituents is 1. The standard InChI is InChI=1S/C24H17BrN4O5/c1-34-19-12-11-17(29(32)33)13-18(19)27-23(30)20-21(14-7-9-15(25)10-8-14)26-28(22(20)24(27)31)16-5-3-2-4-6-16/h2-13,20,22H,1H3/t20-,22+/m0/s1. The van der Waals surface area contributed by atoms with Crippen molar-refractivity contribution in [2.75, 3.05) is 17.0 Å². The van der Waals surface area contributed by atoms with Crippen LogP contribution in [0.2, 0.25) is 0 Å². The monoisotopic (exact) mass is 520 g/mol. The lowest BCUT2D eigenvalue weighted by Gasteiger charge is -2.22. The summed E-state index contributed by atoms with van der Waals surface area (Å²) in [5.41, 5.74) is 1.58. The summed E-state index contributed by atoms with van der Waals surface area (Å²) >= 11 is 3.41. The summed E-state index contributed by atoms with van der Waals surface area (Å²) in [4.78, 5) is 39.2. The summed E-state index contributed by atoms with van der Waals surface area (Å²) in [6.45, 7) is 0. The predicted octanol–water partition coefficient (Wildman–Crippen LogP) is 4.15. The first-order valence-corrected chi connectivity index (χ1v) is 11.1. The first-order chi connectivity index (χ1) is 16.4. The lowest BCUT2D eigenvalue weighted by Crippen LogP contribution is -2.39. The molecule has 3 aromatic carbocycles. The van der Waals surface area contributed by atoms with Crippen LogP contribution in [0, 0.1) is 16.0 Å². The van der Waals surface area contributed by atoms with Crippen LogP contribution in [0.5, 0.6) is 5.75 Å². The summed E-state index contributed by atoms with van der Waals surface area (Å²) in [5, 5.41) is 17.6. The first kappa shape index (κ1) is 21.8. The van der Waals surface area contributed by atoms with Crippen LogP contribution >= 0.6 is 15.9 Å². The molecule has 2 aliphatic rings. The van der Waals surface area contributed by atoms with Crippen molar-refractivity contribution in [1.82, 2.24) is 0 Å². The van der Waals surface area contributed by atoms with E-state index in [0.717, 1.165) is 9.37 Å². The Morgan fingerprint density at radius 3 is 2.35 bits per heavy atom. The maximum absolute atomic E-state index is 13.7. The number of hydrazone groups is 1. The summed E-state index contributed by atoms with van der Waals surface area (Å²) < 4.78 is 6.19. The summed E-state index contributed by atoms with van der Waals surface area (Å²) in [6.07, 6.45) is 0. The van der Waals surface area contributed by atoms with Crippen molar-refractivity contribution in [2.24, 2.45) is 11.0 Å². The first-order valence-electron chi connectivity index (χ1n) is 10.3. The molecule has 1 saturated heterocycles. The molecule has 3 aromatic rings. The summed E-state index contributed by atoms with van der Waals surface area (Å²) in [5.74, 6) is -1.76. The quantitative estimate of drug-likeness (QED) is 0.284. The number of methoxy groups -OCH3 is 1. The molecule has 5 rings (SSSR count). The number of anilines is 2. The molecule has 0 aliphatic carbocycles. The van der Waals surface area contributed by atoms with E-state index in [4.69, 9.17) is 4.74 Å². The Balaban J connectivity index is 1.65. The molecule has 0 saturated carbocycles. The minimum absolute atomic E-state index is 0.0317. The van der Waals surface area contributed by atoms with Gasteiger partial charge in [0.15, 0.2) is 0 Å². The number of nitro groups is 1. The van der Waals surface area contributed by atoms with Gasteiger partial charge >= 0.3 is 0 Å². The largest absolute Gasteiger partial charge is 0.495 e. The van der Waals surface area contributed by atoms with E-state index in [1.54, 1.807) is 17.1 Å². The number of halogens is 1. The molecule has 0 radical (unpaired) electrons. The van der Waals surface area contributed by atoms with Gasteiger partial charge in [-0.05, 0) is 35.9 Å². The molecule has 2 aliphatic heterocycles. The van der Waals surface area contributed by atoms with E-state index in [1.165, 1.54) is 25.3 Å². The van der Waals surface area contributed by atoms with E-state index in [9.17, 15) is 19.7 Å². The predicted molar refractivity (Wildman–Crippen MR) is 129 cm³/mol. The number of nitrogens with zero attached hydrogens (tertiary/aromatic N) is 4. The number of ether oxygens (including phenoxy) is 1. The number of imide groups is 1. The van der Waals surface area contributed by atoms with Crippen LogP contribution in [-0.4, -0.2) is 35.6 Å². The molecule has 170 valence electrons. The topological polar surface area (TPSA) is 105 Å². The van der Waals surface area contributed by atoms with E-state index in [2.05, 4.69) is 21.0 Å². The zero-order chi connectivity index (χ0) is 24.0. The van der Waals surface area contributed by atoms with Crippen molar-refractivity contribution in [3.8, 4) is 5.75 Å². The van der Waals surface area contributed by atoms with Crippen molar-refractivity contribution in [3.63, 3.8) is 0 Å². The van der Waals surface area contributed by atoms with E-state index in [1.807, 2.05) is 42.5 Å². The third kappa shape index (κ3) is 3.43. The van der Waals surface area contributed by atoms with E-state index in [0.29, 0.717) is 17.0 Å². The highest BCUT2D eigenvalue weighted by atomic mass is 79.9. The molecule has 1 fully saturated rings. The maximum Gasteiger partial charge on any atom is 0.271 e. The number of carbonyl (C=O) groups is 2. The Morgan fingerprint density at radius 2 is 1.71 bits per heavy atom. The fourth-order valence-electron chi connectivity index (χ4n) is 4.27. The molecule has 2 atom stereocenters. The highest BCUT2D eigenvalue weighted by Gasteiger charge is 2.58. The smallest absolute Gasteiger partial charge is 0.271 e. The van der Waals surface area contributed by atoms with Crippen LogP contribution in [0.1, 0.15) is 5.56 Å². The number of fused-ring (bicyclic) bond motifs is 1. The number of benzene rings is 3. The number of hydrogen-bond acceptors (Lipinski definition) is 7. The number of rotatable bonds is 5. The van der Waals surface area contributed by atoms with Crippen molar-refractivity contribution in [2.45, 2.75) is 6.04 Å². The fraction of sp³-hybridized carbons (Fsp3) is 0.125. The van der Waals surface area contributed by atoms with Crippen LogP contribution in [0.15, 0.2) is 82.4 Å². The van der Waals surface area contributed by atoms with Gasteiger partial charge < -0.3 is 4.74 Å². The number of amides is 2. The normalized spacial score (nSPS) is 19.3. The Morgan fingerprint density at radius 1 is 1.00 bits per heavy atom. The number of carbonyl (C=O) groups excluding carboxylic acids is 2. The Hall–Kier alpha value is -4.05. The Bertz CT molecular complexity index is 1340. The SMILES string of the molecule is COc1ccc([N+](=O)[O-])cc1N1C(=O)[C@H]2C(c3ccc(Br)cc3)=NN(c3ccccc3)[C@H]2C1=O. The lowest BCUT2D eigenvalue weighted by atomic mass is 9.93. The number of non-ortho nitro benzene ring substituents is 1. The summed E-state index contributed by atoms with van der Waals surface area (Å²) in [7, 11) is 1.38. The highest BCUT2D eigenvalue weighted by Crippen LogP contribution is 2.42. The van der Waals surface area contributed by atoms with Crippen LogP contribution in [0.3, 0.4) is 0 Å². The minimum atomic E-state index is -0.933. The zero-order valence-electron chi connectivity index (χ0n) is 17.8. The van der Waals surface area contributed by atoms with Gasteiger partial charge in [0.05, 0.1) is 23.4 Å². The zero-order valence-corrected chi connectivity index (χ0v) is 19.4. The van der Waals surface area contributed by atoms with E-state index < -0.39 is 28.7 Å². The molecule has 34 heavy (non-hydrogen) atoms. The second-order valence-corrected chi connectivity index (χ2v) is 8.64. The van der Waals surface area contributed by atoms with Gasteiger partial charge in [0.2, 0.25) is 5.91 Å². The van der Waals surface area contributed by atoms with E-state index >= 15 is 0 Å². The number of para-hydroxylation sites is 1. The van der Waals surface area contributed by atoms with Crippen LogP contribution in [0.4, 0.5) is 17.1 Å². The third-order valence-electron chi connectivity index (χ3n) is 5.82.